The van der Waals surface area contributed by atoms with Crippen LogP contribution in [0.15, 0.2) is 41.6 Å². The van der Waals surface area contributed by atoms with Crippen LogP contribution in [0.1, 0.15) is 37.3 Å². The van der Waals surface area contributed by atoms with Crippen LogP contribution in [-0.2, 0) is 10.0 Å². The number of rotatable bonds is 5. The zero-order valence-electron chi connectivity index (χ0n) is 18.6. The summed E-state index contributed by atoms with van der Waals surface area (Å²) >= 11 is 12.1. The summed E-state index contributed by atoms with van der Waals surface area (Å²) in [6, 6.07) is 6.97. The lowest BCUT2D eigenvalue weighted by Crippen LogP contribution is -2.15. The van der Waals surface area contributed by atoms with Crippen LogP contribution >= 0.6 is 23.2 Å². The van der Waals surface area contributed by atoms with E-state index in [0.717, 1.165) is 25.7 Å². The Balaban J connectivity index is 1.53. The van der Waals surface area contributed by atoms with Crippen LogP contribution in [-0.4, -0.2) is 28.2 Å². The summed E-state index contributed by atoms with van der Waals surface area (Å²) in [5.74, 6) is -0.543. The topological polar surface area (TPSA) is 116 Å². The smallest absolute Gasteiger partial charge is 0.263 e. The Kier molecular flexibility index (Phi) is 6.06. The first-order valence-corrected chi connectivity index (χ1v) is 13.2. The summed E-state index contributed by atoms with van der Waals surface area (Å²) in [4.78, 5) is 8.26. The molecule has 0 aliphatic heterocycles. The van der Waals surface area contributed by atoms with E-state index in [4.69, 9.17) is 34.0 Å². The number of hydrogen-bond donors (Lipinski definition) is 2. The fourth-order valence-corrected chi connectivity index (χ4v) is 6.28. The number of anilines is 2. The Labute approximate surface area is 211 Å². The summed E-state index contributed by atoms with van der Waals surface area (Å²) in [7, 11) is -4.17. The van der Waals surface area contributed by atoms with E-state index in [1.807, 2.05) is 4.68 Å². The van der Waals surface area contributed by atoms with E-state index in [2.05, 4.69) is 14.7 Å². The highest BCUT2D eigenvalue weighted by atomic mass is 35.5. The van der Waals surface area contributed by atoms with Crippen molar-refractivity contribution in [2.45, 2.75) is 43.5 Å². The van der Waals surface area contributed by atoms with Gasteiger partial charge in [0.25, 0.3) is 10.0 Å². The molecule has 0 amide bonds. The third-order valence-electron chi connectivity index (χ3n) is 6.18. The maximum Gasteiger partial charge on any atom is 0.263 e. The number of nitrogens with zero attached hydrogens (tertiary/aromatic N) is 4. The average molecular weight is 535 g/mol. The van der Waals surface area contributed by atoms with Crippen molar-refractivity contribution in [3.8, 4) is 11.3 Å². The first-order chi connectivity index (χ1) is 16.7. The molecule has 35 heavy (non-hydrogen) atoms. The van der Waals surface area contributed by atoms with Crippen LogP contribution in [0, 0.1) is 12.7 Å². The van der Waals surface area contributed by atoms with Crippen LogP contribution in [0.4, 0.5) is 15.9 Å². The molecule has 0 unspecified atom stereocenters. The third-order valence-corrected chi connectivity index (χ3v) is 8.42. The molecule has 0 atom stereocenters. The van der Waals surface area contributed by atoms with Gasteiger partial charge in [-0.2, -0.15) is 5.10 Å². The van der Waals surface area contributed by atoms with Gasteiger partial charge in [0.1, 0.15) is 28.6 Å². The van der Waals surface area contributed by atoms with Crippen LogP contribution in [0.5, 0.6) is 0 Å². The zero-order valence-corrected chi connectivity index (χ0v) is 20.9. The molecule has 2 heterocycles. The van der Waals surface area contributed by atoms with Gasteiger partial charge in [-0.1, -0.05) is 42.1 Å². The second-order valence-corrected chi connectivity index (χ2v) is 11.0. The molecule has 2 aromatic carbocycles. The van der Waals surface area contributed by atoms with Crippen LogP contribution < -0.4 is 10.5 Å². The molecule has 0 bridgehead atoms. The van der Waals surface area contributed by atoms with Crippen LogP contribution in [0.25, 0.3) is 22.3 Å². The summed E-state index contributed by atoms with van der Waals surface area (Å²) < 4.78 is 45.1. The number of halogens is 3. The molecule has 0 radical (unpaired) electrons. The monoisotopic (exact) mass is 534 g/mol. The van der Waals surface area contributed by atoms with E-state index in [1.165, 1.54) is 30.6 Å². The van der Waals surface area contributed by atoms with E-state index in [9.17, 15) is 8.42 Å². The van der Waals surface area contributed by atoms with Gasteiger partial charge in [0.15, 0.2) is 5.65 Å². The highest BCUT2D eigenvalue weighted by Crippen LogP contribution is 2.37. The molecular weight excluding hydrogens is 514 g/mol. The van der Waals surface area contributed by atoms with Gasteiger partial charge in [-0.15, -0.1) is 0 Å². The molecular formula is C23H21Cl2FN6O2S. The lowest BCUT2D eigenvalue weighted by atomic mass is 10.1. The fraction of sp³-hybridized carbons (Fsp3) is 0.261. The molecule has 3 N–H and O–H groups in total. The lowest BCUT2D eigenvalue weighted by molar-refractivity contribution is 0.479. The van der Waals surface area contributed by atoms with Crippen molar-refractivity contribution in [2.24, 2.45) is 0 Å². The second kappa shape index (κ2) is 8.92. The molecule has 0 saturated heterocycles. The molecule has 4 aromatic rings. The number of nitrogens with two attached hydrogens (primary N) is 1. The number of hydrogen-bond acceptors (Lipinski definition) is 6. The SMILES string of the molecule is Cc1cc(S(=O)(=O)Nc2ccc(-c3nn(C4CCCC4)c4ncnc(N)c34)cc2F)c(Cl)cc1Cl. The Morgan fingerprint density at radius 3 is 2.57 bits per heavy atom. The Morgan fingerprint density at radius 2 is 1.86 bits per heavy atom. The Bertz CT molecular complexity index is 1570. The van der Waals surface area contributed by atoms with E-state index in [0.29, 0.717) is 32.9 Å². The predicted octanol–water partition coefficient (Wildman–Crippen LogP) is 5.75. The highest BCUT2D eigenvalue weighted by molar-refractivity contribution is 7.92. The predicted molar refractivity (Wildman–Crippen MR) is 135 cm³/mol. The van der Waals surface area contributed by atoms with E-state index in [1.54, 1.807) is 13.0 Å². The molecule has 182 valence electrons. The molecule has 1 fully saturated rings. The summed E-state index contributed by atoms with van der Waals surface area (Å²) in [5, 5.41) is 5.53. The fourth-order valence-electron chi connectivity index (χ4n) is 4.38. The zero-order chi connectivity index (χ0) is 24.9. The normalized spacial score (nSPS) is 14.6. The summed E-state index contributed by atoms with van der Waals surface area (Å²) in [6.07, 6.45) is 5.53. The van der Waals surface area contributed by atoms with Crippen LogP contribution in [0.3, 0.4) is 0 Å². The summed E-state index contributed by atoms with van der Waals surface area (Å²) in [6.45, 7) is 1.65. The van der Waals surface area contributed by atoms with Crippen LogP contribution in [0.2, 0.25) is 10.0 Å². The molecule has 12 heteroatoms. The minimum absolute atomic E-state index is 0.0653. The van der Waals surface area contributed by atoms with Crippen molar-refractivity contribution in [1.29, 1.82) is 0 Å². The lowest BCUT2D eigenvalue weighted by Gasteiger charge is -2.12. The van der Waals surface area contributed by atoms with E-state index >= 15 is 4.39 Å². The van der Waals surface area contributed by atoms with Gasteiger partial charge in [-0.25, -0.2) is 27.5 Å². The van der Waals surface area contributed by atoms with Gasteiger partial charge in [-0.3, -0.25) is 4.72 Å². The Morgan fingerprint density at radius 1 is 1.11 bits per heavy atom. The van der Waals surface area contributed by atoms with Crippen molar-refractivity contribution in [3.63, 3.8) is 0 Å². The van der Waals surface area contributed by atoms with E-state index in [-0.39, 0.29) is 27.5 Å². The van der Waals surface area contributed by atoms with Crippen molar-refractivity contribution >= 4 is 55.8 Å². The highest BCUT2D eigenvalue weighted by Gasteiger charge is 2.26. The third kappa shape index (κ3) is 4.30. The van der Waals surface area contributed by atoms with Gasteiger partial charge in [0.05, 0.1) is 22.1 Å². The van der Waals surface area contributed by atoms with Crippen molar-refractivity contribution in [3.05, 3.63) is 58.1 Å². The number of sulfonamides is 1. The minimum Gasteiger partial charge on any atom is -0.383 e. The van der Waals surface area contributed by atoms with Crippen molar-refractivity contribution < 1.29 is 12.8 Å². The first-order valence-electron chi connectivity index (χ1n) is 10.9. The van der Waals surface area contributed by atoms with Gasteiger partial charge < -0.3 is 5.73 Å². The summed E-state index contributed by atoms with van der Waals surface area (Å²) in [5.41, 5.74) is 7.90. The minimum atomic E-state index is -4.17. The van der Waals surface area contributed by atoms with Crippen molar-refractivity contribution in [2.75, 3.05) is 10.5 Å². The Hall–Kier alpha value is -2.95. The molecule has 5 rings (SSSR count). The second-order valence-electron chi connectivity index (χ2n) is 8.52. The quantitative estimate of drug-likeness (QED) is 0.337. The average Bonchev–Trinajstić information content (AvgIpc) is 3.46. The largest absolute Gasteiger partial charge is 0.383 e. The van der Waals surface area contributed by atoms with Gasteiger partial charge in [0, 0.05) is 10.6 Å². The number of aromatic nitrogens is 4. The van der Waals surface area contributed by atoms with E-state index < -0.39 is 15.8 Å². The molecule has 0 spiro atoms. The van der Waals surface area contributed by atoms with Gasteiger partial charge in [-0.05, 0) is 49.6 Å². The maximum absolute atomic E-state index is 15.2. The first kappa shape index (κ1) is 23.8. The maximum atomic E-state index is 15.2. The molecule has 1 aliphatic carbocycles. The number of nitrogens with one attached hydrogen (secondary N) is 1. The molecule has 8 nitrogen and oxygen atoms in total. The van der Waals surface area contributed by atoms with Gasteiger partial charge in [0.2, 0.25) is 0 Å². The standard InChI is InChI=1S/C23H21Cl2FN6O2S/c1-12-8-19(16(25)10-15(12)24)35(33,34)31-18-7-6-13(9-17(18)26)21-20-22(27)28-11-29-23(20)32(30-21)14-4-2-3-5-14/h6-11,14,31H,2-5H2,1H3,(H2,27,28,29). The number of aryl methyl sites for hydroxylation is 1. The van der Waals surface area contributed by atoms with Gasteiger partial charge >= 0.3 is 0 Å². The molecule has 1 saturated carbocycles. The number of benzene rings is 2. The number of fused-ring (bicyclic) bond motifs is 1. The van der Waals surface area contributed by atoms with Crippen molar-refractivity contribution in [1.82, 2.24) is 19.7 Å². The molecule has 2 aromatic heterocycles. The number of nitrogen functional groups attached to an aromatic ring is 1. The molecule has 1 aliphatic rings.